The van der Waals surface area contributed by atoms with Gasteiger partial charge in [0.05, 0.1) is 6.10 Å². The zero-order valence-corrected chi connectivity index (χ0v) is 5.43. The van der Waals surface area contributed by atoms with Gasteiger partial charge in [-0.2, -0.15) is 0 Å². The van der Waals surface area contributed by atoms with E-state index in [1.807, 2.05) is 0 Å². The molecule has 2 unspecified atom stereocenters. The van der Waals surface area contributed by atoms with Crippen LogP contribution in [0.25, 0.3) is 0 Å². The van der Waals surface area contributed by atoms with Gasteiger partial charge in [-0.1, -0.05) is 27.2 Å². The Morgan fingerprint density at radius 2 is 1.78 bits per heavy atom. The van der Waals surface area contributed by atoms with Crippen LogP contribution in [0, 0.1) is 5.92 Å². The molecule has 56 valence electrons. The fourth-order valence-corrected chi connectivity index (χ4v) is 1.30. The highest BCUT2D eigenvalue weighted by Crippen LogP contribution is 2.22. The molecule has 0 spiro atoms. The molecule has 0 radical (unpaired) electrons. The summed E-state index contributed by atoms with van der Waals surface area (Å²) in [5.74, 6) is 0.559. The molecule has 2 atom stereocenters. The third kappa shape index (κ3) is 2.35. The third-order valence-corrected chi connectivity index (χ3v) is 2.07. The van der Waals surface area contributed by atoms with Crippen molar-refractivity contribution in [1.82, 2.24) is 0 Å². The van der Waals surface area contributed by atoms with Gasteiger partial charge in [0.25, 0.3) is 0 Å². The molecule has 0 aromatic carbocycles. The van der Waals surface area contributed by atoms with Crippen molar-refractivity contribution in [2.24, 2.45) is 5.92 Å². The Balaban J connectivity index is 0.000000640. The number of hydrogen-bond donors (Lipinski definition) is 1. The monoisotopic (exact) mass is 130 g/mol. The highest BCUT2D eigenvalue weighted by atomic mass is 16.3. The second kappa shape index (κ2) is 3.89. The second-order valence-corrected chi connectivity index (χ2v) is 2.83. The average molecular weight is 130 g/mol. The summed E-state index contributed by atoms with van der Waals surface area (Å²) in [6.45, 7) is 2.13. The lowest BCUT2D eigenvalue weighted by Gasteiger charge is -2.23. The summed E-state index contributed by atoms with van der Waals surface area (Å²) in [5.41, 5.74) is 0. The van der Waals surface area contributed by atoms with Crippen LogP contribution in [0.2, 0.25) is 0 Å². The summed E-state index contributed by atoms with van der Waals surface area (Å²) >= 11 is 0. The molecule has 0 aromatic heterocycles. The summed E-state index contributed by atoms with van der Waals surface area (Å²) in [5, 5.41) is 9.18. The Kier molecular flexibility index (Phi) is 3.87. The van der Waals surface area contributed by atoms with Crippen LogP contribution in [-0.2, 0) is 0 Å². The maximum atomic E-state index is 9.18. The number of aliphatic hydroxyl groups excluding tert-OH is 1. The molecule has 0 bridgehead atoms. The molecule has 0 aromatic rings. The molecule has 1 fully saturated rings. The number of rotatable bonds is 0. The van der Waals surface area contributed by atoms with Crippen LogP contribution < -0.4 is 0 Å². The van der Waals surface area contributed by atoms with E-state index < -0.39 is 0 Å². The van der Waals surface area contributed by atoms with E-state index >= 15 is 0 Å². The number of aliphatic hydroxyl groups is 1. The topological polar surface area (TPSA) is 20.2 Å². The fourth-order valence-electron chi connectivity index (χ4n) is 1.30. The molecule has 1 nitrogen and oxygen atoms in total. The van der Waals surface area contributed by atoms with E-state index in [4.69, 9.17) is 0 Å². The van der Waals surface area contributed by atoms with Crippen molar-refractivity contribution in [3.05, 3.63) is 0 Å². The van der Waals surface area contributed by atoms with Gasteiger partial charge in [0.15, 0.2) is 0 Å². The fraction of sp³-hybridized carbons (Fsp3) is 1.00. The van der Waals surface area contributed by atoms with Gasteiger partial charge in [0, 0.05) is 0 Å². The van der Waals surface area contributed by atoms with E-state index in [-0.39, 0.29) is 13.5 Å². The Bertz CT molecular complexity index is 61.0. The molecule has 0 heterocycles. The lowest BCUT2D eigenvalue weighted by Crippen LogP contribution is -2.21. The predicted molar refractivity (Wildman–Crippen MR) is 40.4 cm³/mol. The van der Waals surface area contributed by atoms with Crippen molar-refractivity contribution in [1.29, 1.82) is 0 Å². The van der Waals surface area contributed by atoms with Crippen LogP contribution >= 0.6 is 0 Å². The standard InChI is InChI=1S/C7H14O.CH4/c1-6-4-2-3-5-7(6)8;/h6-8H,2-5H2,1H3;1H4. The highest BCUT2D eigenvalue weighted by molar-refractivity contribution is 4.69. The Labute approximate surface area is 58.1 Å². The average Bonchev–Trinajstić information content (AvgIpc) is 1.77. The van der Waals surface area contributed by atoms with Crippen LogP contribution in [0.1, 0.15) is 40.0 Å². The van der Waals surface area contributed by atoms with Crippen LogP contribution in [-0.4, -0.2) is 11.2 Å². The largest absolute Gasteiger partial charge is 0.393 e. The van der Waals surface area contributed by atoms with Crippen molar-refractivity contribution in [3.8, 4) is 0 Å². The van der Waals surface area contributed by atoms with Crippen LogP contribution in [0.3, 0.4) is 0 Å². The van der Waals surface area contributed by atoms with Crippen molar-refractivity contribution in [2.75, 3.05) is 0 Å². The first-order valence-corrected chi connectivity index (χ1v) is 3.49. The van der Waals surface area contributed by atoms with Gasteiger partial charge < -0.3 is 5.11 Å². The normalized spacial score (nSPS) is 35.3. The second-order valence-electron chi connectivity index (χ2n) is 2.83. The highest BCUT2D eigenvalue weighted by Gasteiger charge is 2.17. The van der Waals surface area contributed by atoms with Gasteiger partial charge in [0.2, 0.25) is 0 Å². The maximum absolute atomic E-state index is 9.18. The van der Waals surface area contributed by atoms with E-state index in [1.54, 1.807) is 0 Å². The minimum absolute atomic E-state index is 0. The van der Waals surface area contributed by atoms with Crippen LogP contribution in [0.4, 0.5) is 0 Å². The summed E-state index contributed by atoms with van der Waals surface area (Å²) in [4.78, 5) is 0. The quantitative estimate of drug-likeness (QED) is 0.533. The zero-order valence-electron chi connectivity index (χ0n) is 5.43. The van der Waals surface area contributed by atoms with Gasteiger partial charge in [-0.3, -0.25) is 0 Å². The first-order chi connectivity index (χ1) is 3.80. The van der Waals surface area contributed by atoms with Crippen molar-refractivity contribution in [3.63, 3.8) is 0 Å². The molecular weight excluding hydrogens is 112 g/mol. The van der Waals surface area contributed by atoms with Gasteiger partial charge in [0.1, 0.15) is 0 Å². The molecule has 0 saturated heterocycles. The summed E-state index contributed by atoms with van der Waals surface area (Å²) in [6, 6.07) is 0. The van der Waals surface area contributed by atoms with Crippen molar-refractivity contribution < 1.29 is 5.11 Å². The smallest absolute Gasteiger partial charge is 0.0565 e. The van der Waals surface area contributed by atoms with E-state index in [0.29, 0.717) is 5.92 Å². The minimum atomic E-state index is 0. The maximum Gasteiger partial charge on any atom is 0.0565 e. The molecule has 1 rings (SSSR count). The predicted octanol–water partition coefficient (Wildman–Crippen LogP) is 2.19. The third-order valence-electron chi connectivity index (χ3n) is 2.07. The molecule has 1 aliphatic carbocycles. The summed E-state index contributed by atoms with van der Waals surface area (Å²) in [6.07, 6.45) is 4.80. The van der Waals surface area contributed by atoms with Crippen LogP contribution in [0.5, 0.6) is 0 Å². The molecular formula is C8H18O. The van der Waals surface area contributed by atoms with E-state index in [9.17, 15) is 5.11 Å². The molecule has 9 heavy (non-hydrogen) atoms. The number of hydrogen-bond acceptors (Lipinski definition) is 1. The Hall–Kier alpha value is -0.0400. The molecule has 1 N–H and O–H groups in total. The lowest BCUT2D eigenvalue weighted by molar-refractivity contribution is 0.0793. The molecule has 1 saturated carbocycles. The zero-order chi connectivity index (χ0) is 5.98. The van der Waals surface area contributed by atoms with Gasteiger partial charge in [-0.05, 0) is 18.8 Å². The summed E-state index contributed by atoms with van der Waals surface area (Å²) < 4.78 is 0. The van der Waals surface area contributed by atoms with Crippen molar-refractivity contribution in [2.45, 2.75) is 46.1 Å². The lowest BCUT2D eigenvalue weighted by atomic mass is 9.88. The van der Waals surface area contributed by atoms with E-state index in [1.165, 1.54) is 19.3 Å². The van der Waals surface area contributed by atoms with E-state index in [2.05, 4.69) is 6.92 Å². The molecule has 1 heteroatoms. The summed E-state index contributed by atoms with van der Waals surface area (Å²) in [7, 11) is 0. The van der Waals surface area contributed by atoms with Gasteiger partial charge in [-0.25, -0.2) is 0 Å². The van der Waals surface area contributed by atoms with Gasteiger partial charge >= 0.3 is 0 Å². The minimum Gasteiger partial charge on any atom is -0.393 e. The first-order valence-electron chi connectivity index (χ1n) is 3.49. The SMILES string of the molecule is C.CC1CCCCC1O. The van der Waals surface area contributed by atoms with Crippen LogP contribution in [0.15, 0.2) is 0 Å². The Morgan fingerprint density at radius 3 is 2.11 bits per heavy atom. The molecule has 1 aliphatic rings. The molecule has 0 amide bonds. The Morgan fingerprint density at radius 1 is 1.22 bits per heavy atom. The van der Waals surface area contributed by atoms with Crippen molar-refractivity contribution >= 4 is 0 Å². The molecule has 0 aliphatic heterocycles. The van der Waals surface area contributed by atoms with E-state index in [0.717, 1.165) is 6.42 Å². The van der Waals surface area contributed by atoms with Gasteiger partial charge in [-0.15, -0.1) is 0 Å². The first kappa shape index (κ1) is 8.96.